The fraction of sp³-hybridized carbons (Fsp3) is 0.500. The third kappa shape index (κ3) is 3.95. The number of aryl methyl sites for hydroxylation is 1. The van der Waals surface area contributed by atoms with E-state index < -0.39 is 0 Å². The van der Waals surface area contributed by atoms with Crippen LogP contribution in [-0.2, 0) is 4.74 Å². The Morgan fingerprint density at radius 1 is 1.50 bits per heavy atom. The minimum Gasteiger partial charge on any atom is -0.379 e. The van der Waals surface area contributed by atoms with Gasteiger partial charge in [0.2, 0.25) is 0 Å². The van der Waals surface area contributed by atoms with Gasteiger partial charge in [-0.1, -0.05) is 12.1 Å². The first-order valence-electron chi connectivity index (χ1n) is 6.29. The van der Waals surface area contributed by atoms with Crippen molar-refractivity contribution in [2.24, 2.45) is 5.92 Å². The zero-order valence-electron chi connectivity index (χ0n) is 10.5. The predicted octanol–water partition coefficient (Wildman–Crippen LogP) is 2.76. The summed E-state index contributed by atoms with van der Waals surface area (Å²) in [5.41, 5.74) is 1.88. The molecule has 1 saturated carbocycles. The van der Waals surface area contributed by atoms with Crippen molar-refractivity contribution in [2.75, 3.05) is 19.8 Å². The summed E-state index contributed by atoms with van der Waals surface area (Å²) >= 11 is 2.21. The lowest BCUT2D eigenvalue weighted by molar-refractivity contribution is 0.0905. The van der Waals surface area contributed by atoms with Crippen LogP contribution in [-0.4, -0.2) is 25.7 Å². The van der Waals surface area contributed by atoms with Gasteiger partial charge in [0.1, 0.15) is 0 Å². The fourth-order valence-electron chi connectivity index (χ4n) is 1.69. The second kappa shape index (κ2) is 6.52. The molecule has 0 heterocycles. The molecule has 2 rings (SSSR count). The number of benzene rings is 1. The first-order valence-corrected chi connectivity index (χ1v) is 7.37. The van der Waals surface area contributed by atoms with E-state index in [0.29, 0.717) is 13.2 Å². The van der Waals surface area contributed by atoms with E-state index in [1.807, 2.05) is 25.1 Å². The summed E-state index contributed by atoms with van der Waals surface area (Å²) < 4.78 is 6.50. The first-order chi connectivity index (χ1) is 8.68. The quantitative estimate of drug-likeness (QED) is 0.627. The normalized spacial score (nSPS) is 14.6. The van der Waals surface area contributed by atoms with Gasteiger partial charge in [0.05, 0.1) is 12.2 Å². The molecular weight excluding hydrogens is 341 g/mol. The van der Waals surface area contributed by atoms with E-state index >= 15 is 0 Å². The van der Waals surface area contributed by atoms with Crippen LogP contribution in [0.1, 0.15) is 28.8 Å². The van der Waals surface area contributed by atoms with Crippen LogP contribution in [0.2, 0.25) is 0 Å². The summed E-state index contributed by atoms with van der Waals surface area (Å²) in [4.78, 5) is 12.0. The molecule has 0 aromatic heterocycles. The lowest BCUT2D eigenvalue weighted by atomic mass is 10.1. The molecule has 0 spiro atoms. The van der Waals surface area contributed by atoms with E-state index in [2.05, 4.69) is 27.9 Å². The van der Waals surface area contributed by atoms with Gasteiger partial charge in [-0.2, -0.15) is 0 Å². The van der Waals surface area contributed by atoms with Gasteiger partial charge in [-0.15, -0.1) is 0 Å². The van der Waals surface area contributed by atoms with Crippen LogP contribution in [0.4, 0.5) is 0 Å². The van der Waals surface area contributed by atoms with Gasteiger partial charge in [0.15, 0.2) is 0 Å². The lowest BCUT2D eigenvalue weighted by Gasteiger charge is -2.08. The van der Waals surface area contributed by atoms with Crippen LogP contribution in [0.15, 0.2) is 18.2 Å². The molecule has 3 nitrogen and oxygen atoms in total. The fourth-order valence-corrected chi connectivity index (χ4v) is 2.29. The molecule has 4 heteroatoms. The van der Waals surface area contributed by atoms with Crippen LogP contribution >= 0.6 is 22.6 Å². The molecule has 1 N–H and O–H groups in total. The Kier molecular flexibility index (Phi) is 5.00. The highest BCUT2D eigenvalue weighted by atomic mass is 127. The number of halogens is 1. The highest BCUT2D eigenvalue weighted by Crippen LogP contribution is 2.28. The number of ether oxygens (including phenoxy) is 1. The molecule has 1 fully saturated rings. The van der Waals surface area contributed by atoms with Gasteiger partial charge in [-0.25, -0.2) is 0 Å². The lowest BCUT2D eigenvalue weighted by Crippen LogP contribution is -2.28. The Bertz CT molecular complexity index is 430. The molecule has 0 aliphatic heterocycles. The molecule has 1 aromatic carbocycles. The minimum atomic E-state index is -0.0156. The number of carbonyl (C=O) groups excluding carboxylic acids is 1. The number of amides is 1. The average Bonchev–Trinajstić information content (AvgIpc) is 3.16. The molecule has 1 aliphatic rings. The Hall–Kier alpha value is -0.620. The largest absolute Gasteiger partial charge is 0.379 e. The van der Waals surface area contributed by atoms with Gasteiger partial charge in [-0.05, 0) is 59.9 Å². The van der Waals surface area contributed by atoms with Crippen molar-refractivity contribution in [1.29, 1.82) is 0 Å². The molecule has 0 unspecified atom stereocenters. The van der Waals surface area contributed by atoms with Gasteiger partial charge in [-0.3, -0.25) is 4.79 Å². The standard InChI is InChI=1S/C14H18INO2/c1-10-3-2-4-12(13(10)15)14(17)16-7-8-18-9-11-5-6-11/h2-4,11H,5-9H2,1H3,(H,16,17). The van der Waals surface area contributed by atoms with Gasteiger partial charge >= 0.3 is 0 Å². The van der Waals surface area contributed by atoms with Gasteiger partial charge in [0, 0.05) is 16.7 Å². The highest BCUT2D eigenvalue weighted by Gasteiger charge is 2.20. The number of hydrogen-bond acceptors (Lipinski definition) is 2. The molecule has 18 heavy (non-hydrogen) atoms. The Balaban J connectivity index is 1.74. The van der Waals surface area contributed by atoms with Crippen molar-refractivity contribution in [2.45, 2.75) is 19.8 Å². The van der Waals surface area contributed by atoms with E-state index in [1.165, 1.54) is 12.8 Å². The van der Waals surface area contributed by atoms with Crippen LogP contribution in [0.3, 0.4) is 0 Å². The third-order valence-corrected chi connectivity index (χ3v) is 4.45. The van der Waals surface area contributed by atoms with Crippen molar-refractivity contribution in [3.8, 4) is 0 Å². The first kappa shape index (κ1) is 13.8. The zero-order chi connectivity index (χ0) is 13.0. The van der Waals surface area contributed by atoms with Crippen LogP contribution in [0.5, 0.6) is 0 Å². The molecule has 98 valence electrons. The third-order valence-electron chi connectivity index (χ3n) is 3.02. The maximum absolute atomic E-state index is 12.0. The minimum absolute atomic E-state index is 0.0156. The SMILES string of the molecule is Cc1cccc(C(=O)NCCOCC2CC2)c1I. The number of rotatable bonds is 6. The van der Waals surface area contributed by atoms with E-state index in [9.17, 15) is 4.79 Å². The van der Waals surface area contributed by atoms with Crippen LogP contribution in [0, 0.1) is 16.4 Å². The number of carbonyl (C=O) groups is 1. The van der Waals surface area contributed by atoms with Crippen molar-refractivity contribution in [3.05, 3.63) is 32.9 Å². The Morgan fingerprint density at radius 2 is 2.28 bits per heavy atom. The summed E-state index contributed by atoms with van der Waals surface area (Å²) in [6.45, 7) is 4.04. The molecule has 1 amide bonds. The molecule has 0 radical (unpaired) electrons. The maximum atomic E-state index is 12.0. The smallest absolute Gasteiger partial charge is 0.252 e. The molecular formula is C14H18INO2. The maximum Gasteiger partial charge on any atom is 0.252 e. The molecule has 0 atom stereocenters. The van der Waals surface area contributed by atoms with Gasteiger partial charge < -0.3 is 10.1 Å². The predicted molar refractivity (Wildman–Crippen MR) is 79.8 cm³/mol. The Morgan fingerprint density at radius 3 is 3.00 bits per heavy atom. The van der Waals surface area contributed by atoms with E-state index in [1.54, 1.807) is 0 Å². The molecule has 1 aliphatic carbocycles. The number of hydrogen-bond donors (Lipinski definition) is 1. The average molecular weight is 359 g/mol. The van der Waals surface area contributed by atoms with Gasteiger partial charge in [0.25, 0.3) is 5.91 Å². The van der Waals surface area contributed by atoms with E-state index in [0.717, 1.165) is 27.2 Å². The van der Waals surface area contributed by atoms with E-state index in [4.69, 9.17) is 4.74 Å². The van der Waals surface area contributed by atoms with Crippen molar-refractivity contribution < 1.29 is 9.53 Å². The monoisotopic (exact) mass is 359 g/mol. The summed E-state index contributed by atoms with van der Waals surface area (Å²) in [5, 5.41) is 2.89. The van der Waals surface area contributed by atoms with Crippen molar-refractivity contribution in [3.63, 3.8) is 0 Å². The second-order valence-electron chi connectivity index (χ2n) is 4.71. The van der Waals surface area contributed by atoms with Crippen molar-refractivity contribution in [1.82, 2.24) is 5.32 Å². The summed E-state index contributed by atoms with van der Waals surface area (Å²) in [6, 6.07) is 5.78. The van der Waals surface area contributed by atoms with Crippen LogP contribution in [0.25, 0.3) is 0 Å². The highest BCUT2D eigenvalue weighted by molar-refractivity contribution is 14.1. The Labute approximate surface area is 121 Å². The zero-order valence-corrected chi connectivity index (χ0v) is 12.7. The van der Waals surface area contributed by atoms with Crippen molar-refractivity contribution >= 4 is 28.5 Å². The van der Waals surface area contributed by atoms with E-state index in [-0.39, 0.29) is 5.91 Å². The molecule has 1 aromatic rings. The summed E-state index contributed by atoms with van der Waals surface area (Å²) in [5.74, 6) is 0.761. The summed E-state index contributed by atoms with van der Waals surface area (Å²) in [7, 11) is 0. The topological polar surface area (TPSA) is 38.3 Å². The molecule has 0 bridgehead atoms. The number of nitrogens with one attached hydrogen (secondary N) is 1. The summed E-state index contributed by atoms with van der Waals surface area (Å²) in [6.07, 6.45) is 2.60. The van der Waals surface area contributed by atoms with Crippen LogP contribution < -0.4 is 5.32 Å². The second-order valence-corrected chi connectivity index (χ2v) is 5.79. The molecule has 0 saturated heterocycles.